The van der Waals surface area contributed by atoms with Crippen LogP contribution < -0.4 is 10.7 Å². The van der Waals surface area contributed by atoms with Gasteiger partial charge in [0, 0.05) is 28.8 Å². The summed E-state index contributed by atoms with van der Waals surface area (Å²) in [5.74, 6) is -0.489. The van der Waals surface area contributed by atoms with Crippen molar-refractivity contribution in [1.82, 2.24) is 4.57 Å². The van der Waals surface area contributed by atoms with Gasteiger partial charge in [0.25, 0.3) is 5.91 Å². The number of rotatable bonds is 3. The van der Waals surface area contributed by atoms with Gasteiger partial charge in [0.15, 0.2) is 0 Å². The van der Waals surface area contributed by atoms with Crippen molar-refractivity contribution < 1.29 is 4.79 Å². The minimum absolute atomic E-state index is 0.0606. The molecular formula is C20H16ClN3O2. The van der Waals surface area contributed by atoms with E-state index in [4.69, 9.17) is 16.9 Å². The van der Waals surface area contributed by atoms with E-state index in [1.54, 1.807) is 42.6 Å². The van der Waals surface area contributed by atoms with Crippen molar-refractivity contribution >= 4 is 34.1 Å². The lowest BCUT2D eigenvalue weighted by Crippen LogP contribution is -2.24. The number of amides is 1. The zero-order valence-corrected chi connectivity index (χ0v) is 15.1. The summed E-state index contributed by atoms with van der Waals surface area (Å²) in [6, 6.07) is 11.8. The fraction of sp³-hybridized carbons (Fsp3) is 0.150. The summed E-state index contributed by atoms with van der Waals surface area (Å²) in [6.45, 7) is 4.38. The smallest absolute Gasteiger partial charge is 0.261 e. The van der Waals surface area contributed by atoms with E-state index in [0.717, 1.165) is 11.1 Å². The predicted molar refractivity (Wildman–Crippen MR) is 103 cm³/mol. The molecule has 0 fully saturated rings. The van der Waals surface area contributed by atoms with Gasteiger partial charge in [-0.1, -0.05) is 11.6 Å². The van der Waals surface area contributed by atoms with Crippen LogP contribution in [0.3, 0.4) is 0 Å². The van der Waals surface area contributed by atoms with Crippen LogP contribution in [-0.4, -0.2) is 10.5 Å². The van der Waals surface area contributed by atoms with E-state index in [2.05, 4.69) is 5.32 Å². The van der Waals surface area contributed by atoms with Crippen molar-refractivity contribution in [3.05, 3.63) is 74.5 Å². The van der Waals surface area contributed by atoms with Crippen LogP contribution in [0.5, 0.6) is 0 Å². The van der Waals surface area contributed by atoms with E-state index in [9.17, 15) is 9.59 Å². The molecule has 2 aromatic carbocycles. The van der Waals surface area contributed by atoms with E-state index in [-0.39, 0.29) is 11.0 Å². The highest BCUT2D eigenvalue weighted by atomic mass is 35.5. The Balaban J connectivity index is 2.08. The number of carbonyl (C=O) groups is 1. The summed E-state index contributed by atoms with van der Waals surface area (Å²) < 4.78 is 1.85. The Morgan fingerprint density at radius 3 is 2.54 bits per heavy atom. The zero-order chi connectivity index (χ0) is 18.8. The van der Waals surface area contributed by atoms with Gasteiger partial charge in [-0.3, -0.25) is 9.59 Å². The molecule has 1 aromatic heterocycles. The number of hydrogen-bond donors (Lipinski definition) is 1. The Kier molecular flexibility index (Phi) is 4.79. The van der Waals surface area contributed by atoms with Crippen molar-refractivity contribution in [2.24, 2.45) is 0 Å². The van der Waals surface area contributed by atoms with Gasteiger partial charge in [0.1, 0.15) is 5.56 Å². The van der Waals surface area contributed by atoms with Crippen LogP contribution in [0.4, 0.5) is 5.69 Å². The molecular weight excluding hydrogens is 350 g/mol. The molecule has 1 amide bonds. The molecule has 0 spiro atoms. The van der Waals surface area contributed by atoms with Crippen LogP contribution in [0, 0.1) is 18.3 Å². The summed E-state index contributed by atoms with van der Waals surface area (Å²) >= 11 is 6.19. The molecule has 3 rings (SSSR count). The van der Waals surface area contributed by atoms with Crippen LogP contribution in [0.1, 0.15) is 28.4 Å². The third-order valence-electron chi connectivity index (χ3n) is 4.28. The summed E-state index contributed by atoms with van der Waals surface area (Å²) in [5, 5.41) is 12.6. The van der Waals surface area contributed by atoms with Gasteiger partial charge in [-0.05, 0) is 55.8 Å². The second-order valence-corrected chi connectivity index (χ2v) is 6.28. The normalized spacial score (nSPS) is 10.5. The van der Waals surface area contributed by atoms with Gasteiger partial charge in [0.2, 0.25) is 5.43 Å². The van der Waals surface area contributed by atoms with Crippen molar-refractivity contribution in [2.75, 3.05) is 5.32 Å². The SMILES string of the molecule is CCn1cc(C(=O)Nc2ccc(C#N)cc2)c(=O)c2ccc(Cl)c(C)c21. The molecule has 0 unspecified atom stereocenters. The number of pyridine rings is 1. The first-order valence-corrected chi connectivity index (χ1v) is 8.47. The lowest BCUT2D eigenvalue weighted by Gasteiger charge is -2.14. The molecule has 0 radical (unpaired) electrons. The molecule has 0 atom stereocenters. The average molecular weight is 366 g/mol. The lowest BCUT2D eigenvalue weighted by atomic mass is 10.1. The summed E-state index contributed by atoms with van der Waals surface area (Å²) in [5.41, 5.74) is 2.28. The number of nitriles is 1. The zero-order valence-electron chi connectivity index (χ0n) is 14.3. The predicted octanol–water partition coefficient (Wildman–Crippen LogP) is 4.11. The molecule has 3 aromatic rings. The van der Waals surface area contributed by atoms with Gasteiger partial charge in [-0.2, -0.15) is 5.26 Å². The largest absolute Gasteiger partial charge is 0.346 e. The van der Waals surface area contributed by atoms with E-state index in [0.29, 0.717) is 28.2 Å². The Bertz CT molecular complexity index is 1110. The molecule has 0 bridgehead atoms. The Morgan fingerprint density at radius 1 is 1.23 bits per heavy atom. The molecule has 0 aliphatic rings. The first-order chi connectivity index (χ1) is 12.5. The molecule has 1 N–H and O–H groups in total. The maximum Gasteiger partial charge on any atom is 0.261 e. The maximum atomic E-state index is 12.8. The van der Waals surface area contributed by atoms with Gasteiger partial charge in [0.05, 0.1) is 17.1 Å². The molecule has 0 saturated heterocycles. The fourth-order valence-electron chi connectivity index (χ4n) is 2.89. The van der Waals surface area contributed by atoms with Gasteiger partial charge >= 0.3 is 0 Å². The highest BCUT2D eigenvalue weighted by molar-refractivity contribution is 6.32. The van der Waals surface area contributed by atoms with Gasteiger partial charge in [-0.15, -0.1) is 0 Å². The maximum absolute atomic E-state index is 12.8. The summed E-state index contributed by atoms with van der Waals surface area (Å²) in [4.78, 5) is 25.5. The summed E-state index contributed by atoms with van der Waals surface area (Å²) in [6.07, 6.45) is 1.56. The first-order valence-electron chi connectivity index (χ1n) is 8.10. The standard InChI is InChI=1S/C20H16ClN3O2/c1-3-24-11-16(19(25)15-8-9-17(21)12(2)18(15)24)20(26)23-14-6-4-13(10-22)5-7-14/h4-9,11H,3H2,1-2H3,(H,23,26). The van der Waals surface area contributed by atoms with E-state index >= 15 is 0 Å². The van der Waals surface area contributed by atoms with Crippen LogP contribution in [0.25, 0.3) is 10.9 Å². The fourth-order valence-corrected chi connectivity index (χ4v) is 3.04. The van der Waals surface area contributed by atoms with Crippen LogP contribution >= 0.6 is 11.6 Å². The Morgan fingerprint density at radius 2 is 1.92 bits per heavy atom. The molecule has 0 aliphatic carbocycles. The molecule has 26 heavy (non-hydrogen) atoms. The van der Waals surface area contributed by atoms with E-state index < -0.39 is 5.91 Å². The highest BCUT2D eigenvalue weighted by Crippen LogP contribution is 2.24. The second kappa shape index (κ2) is 7.03. The van der Waals surface area contributed by atoms with Crippen LogP contribution in [-0.2, 0) is 6.54 Å². The van der Waals surface area contributed by atoms with Crippen LogP contribution in [0.15, 0.2) is 47.4 Å². The topological polar surface area (TPSA) is 74.9 Å². The summed E-state index contributed by atoms with van der Waals surface area (Å²) in [7, 11) is 0. The number of carbonyl (C=O) groups excluding carboxylic acids is 1. The Labute approximate surface area is 155 Å². The van der Waals surface area contributed by atoms with Crippen LogP contribution in [0.2, 0.25) is 5.02 Å². The third kappa shape index (κ3) is 3.07. The van der Waals surface area contributed by atoms with E-state index in [1.165, 1.54) is 0 Å². The monoisotopic (exact) mass is 365 g/mol. The molecule has 0 saturated carbocycles. The molecule has 130 valence electrons. The van der Waals surface area contributed by atoms with Crippen molar-refractivity contribution in [2.45, 2.75) is 20.4 Å². The lowest BCUT2D eigenvalue weighted by molar-refractivity contribution is 0.102. The first kappa shape index (κ1) is 17.7. The molecule has 5 nitrogen and oxygen atoms in total. The average Bonchev–Trinajstić information content (AvgIpc) is 2.65. The number of aromatic nitrogens is 1. The Hall–Kier alpha value is -3.10. The number of nitrogens with one attached hydrogen (secondary N) is 1. The van der Waals surface area contributed by atoms with Gasteiger partial charge in [-0.25, -0.2) is 0 Å². The number of nitrogens with zero attached hydrogens (tertiary/aromatic N) is 2. The van der Waals surface area contributed by atoms with Crippen molar-refractivity contribution in [3.8, 4) is 6.07 Å². The quantitative estimate of drug-likeness (QED) is 0.759. The highest BCUT2D eigenvalue weighted by Gasteiger charge is 2.17. The number of benzene rings is 2. The second-order valence-electron chi connectivity index (χ2n) is 5.87. The van der Waals surface area contributed by atoms with E-state index in [1.807, 2.05) is 24.5 Å². The minimum Gasteiger partial charge on any atom is -0.346 e. The number of fused-ring (bicyclic) bond motifs is 1. The molecule has 1 heterocycles. The van der Waals surface area contributed by atoms with Gasteiger partial charge < -0.3 is 9.88 Å². The molecule has 6 heteroatoms. The van der Waals surface area contributed by atoms with Crippen molar-refractivity contribution in [1.29, 1.82) is 5.26 Å². The number of anilines is 1. The molecule has 0 aliphatic heterocycles. The number of halogens is 1. The number of hydrogen-bond acceptors (Lipinski definition) is 3. The number of aryl methyl sites for hydroxylation is 2. The van der Waals surface area contributed by atoms with Crippen molar-refractivity contribution in [3.63, 3.8) is 0 Å². The third-order valence-corrected chi connectivity index (χ3v) is 4.69. The minimum atomic E-state index is -0.489.